The Morgan fingerprint density at radius 2 is 2.11 bits per heavy atom. The maximum absolute atomic E-state index is 11.9. The molecule has 2 atom stereocenters. The molecule has 96 valence electrons. The third-order valence-corrected chi connectivity index (χ3v) is 3.26. The van der Waals surface area contributed by atoms with Gasteiger partial charge in [0.05, 0.1) is 25.0 Å². The molecule has 1 aromatic rings. The summed E-state index contributed by atoms with van der Waals surface area (Å²) in [7, 11) is 0. The van der Waals surface area contributed by atoms with E-state index in [0.717, 1.165) is 5.56 Å². The number of hydrogen-bond donors (Lipinski definition) is 0. The molecule has 5 heteroatoms. The summed E-state index contributed by atoms with van der Waals surface area (Å²) in [6.45, 7) is 0.478. The van der Waals surface area contributed by atoms with Crippen LogP contribution in [0, 0.1) is 16.0 Å². The number of ether oxygens (including phenoxy) is 1. The highest BCUT2D eigenvalue weighted by atomic mass is 16.6. The Labute approximate surface area is 105 Å². The number of benzene rings is 1. The van der Waals surface area contributed by atoms with E-state index in [4.69, 9.17) is 4.74 Å². The Morgan fingerprint density at radius 1 is 1.39 bits per heavy atom. The van der Waals surface area contributed by atoms with Crippen molar-refractivity contribution in [1.82, 2.24) is 0 Å². The van der Waals surface area contributed by atoms with Crippen molar-refractivity contribution >= 4 is 5.78 Å². The van der Waals surface area contributed by atoms with E-state index in [-0.39, 0.29) is 23.9 Å². The summed E-state index contributed by atoms with van der Waals surface area (Å²) >= 11 is 0. The summed E-state index contributed by atoms with van der Waals surface area (Å²) in [6.07, 6.45) is 0.353. The molecule has 1 heterocycles. The van der Waals surface area contributed by atoms with Gasteiger partial charge in [0.1, 0.15) is 5.78 Å². The number of rotatable bonds is 4. The normalized spacial score (nSPS) is 21.6. The van der Waals surface area contributed by atoms with Crippen molar-refractivity contribution in [1.29, 1.82) is 0 Å². The zero-order chi connectivity index (χ0) is 13.0. The average molecular weight is 249 g/mol. The fraction of sp³-hybridized carbons (Fsp3) is 0.462. The van der Waals surface area contributed by atoms with Gasteiger partial charge in [-0.25, -0.2) is 0 Å². The summed E-state index contributed by atoms with van der Waals surface area (Å²) in [5.74, 6) is -0.725. The highest BCUT2D eigenvalue weighted by Crippen LogP contribution is 2.29. The molecule has 1 aliphatic rings. The molecule has 1 saturated heterocycles. The van der Waals surface area contributed by atoms with Gasteiger partial charge in [0, 0.05) is 11.3 Å². The standard InChI is InChI=1S/C13H15NO4/c15-13-6-7-18-9-12(13)11(8-14(16)17)10-4-2-1-3-5-10/h1-5,11-12H,6-9H2/t11-,12?/m0/s1. The summed E-state index contributed by atoms with van der Waals surface area (Å²) in [5.41, 5.74) is 0.832. The molecule has 18 heavy (non-hydrogen) atoms. The molecule has 0 spiro atoms. The summed E-state index contributed by atoms with van der Waals surface area (Å²) in [6, 6.07) is 9.17. The number of carbonyl (C=O) groups is 1. The molecular formula is C13H15NO4. The van der Waals surface area contributed by atoms with Crippen LogP contribution in [-0.4, -0.2) is 30.5 Å². The molecule has 1 fully saturated rings. The minimum Gasteiger partial charge on any atom is -0.380 e. The highest BCUT2D eigenvalue weighted by Gasteiger charge is 2.35. The average Bonchev–Trinajstić information content (AvgIpc) is 2.38. The third-order valence-electron chi connectivity index (χ3n) is 3.26. The van der Waals surface area contributed by atoms with E-state index in [0.29, 0.717) is 13.0 Å². The molecule has 0 bridgehead atoms. The van der Waals surface area contributed by atoms with Gasteiger partial charge in [0.15, 0.2) is 0 Å². The van der Waals surface area contributed by atoms with Gasteiger partial charge in [-0.2, -0.15) is 0 Å². The summed E-state index contributed by atoms with van der Waals surface area (Å²) in [4.78, 5) is 22.3. The van der Waals surface area contributed by atoms with Crippen molar-refractivity contribution in [2.24, 2.45) is 5.92 Å². The first kappa shape index (κ1) is 12.7. The molecule has 1 unspecified atom stereocenters. The fourth-order valence-electron chi connectivity index (χ4n) is 2.33. The van der Waals surface area contributed by atoms with Gasteiger partial charge in [-0.1, -0.05) is 30.3 Å². The number of ketones is 1. The first-order valence-corrected chi connectivity index (χ1v) is 5.95. The van der Waals surface area contributed by atoms with Crippen LogP contribution in [0.3, 0.4) is 0 Å². The van der Waals surface area contributed by atoms with E-state index in [2.05, 4.69) is 0 Å². The monoisotopic (exact) mass is 249 g/mol. The lowest BCUT2D eigenvalue weighted by atomic mass is 9.82. The van der Waals surface area contributed by atoms with Gasteiger partial charge in [-0.15, -0.1) is 0 Å². The minimum atomic E-state index is -0.397. The summed E-state index contributed by atoms with van der Waals surface area (Å²) < 4.78 is 5.29. The van der Waals surface area contributed by atoms with Crippen molar-refractivity contribution in [2.45, 2.75) is 12.3 Å². The Kier molecular flexibility index (Phi) is 4.04. The first-order chi connectivity index (χ1) is 8.68. The Balaban J connectivity index is 2.24. The second-order valence-corrected chi connectivity index (χ2v) is 4.43. The number of hydrogen-bond acceptors (Lipinski definition) is 4. The van der Waals surface area contributed by atoms with Crippen LogP contribution in [-0.2, 0) is 9.53 Å². The van der Waals surface area contributed by atoms with Crippen molar-refractivity contribution in [3.8, 4) is 0 Å². The number of nitrogens with zero attached hydrogens (tertiary/aromatic N) is 1. The van der Waals surface area contributed by atoms with Crippen LogP contribution in [0.4, 0.5) is 0 Å². The molecule has 1 aliphatic heterocycles. The van der Waals surface area contributed by atoms with Gasteiger partial charge in [0.25, 0.3) is 0 Å². The molecular weight excluding hydrogens is 234 g/mol. The Bertz CT molecular complexity index is 432. The number of nitro groups is 1. The van der Waals surface area contributed by atoms with Crippen LogP contribution in [0.25, 0.3) is 0 Å². The molecule has 0 N–H and O–H groups in total. The largest absolute Gasteiger partial charge is 0.380 e. The quantitative estimate of drug-likeness (QED) is 0.601. The predicted molar refractivity (Wildman–Crippen MR) is 65.0 cm³/mol. The van der Waals surface area contributed by atoms with E-state index < -0.39 is 11.8 Å². The molecule has 1 aromatic carbocycles. The maximum atomic E-state index is 11.9. The van der Waals surface area contributed by atoms with Gasteiger partial charge in [-0.05, 0) is 5.56 Å². The lowest BCUT2D eigenvalue weighted by Gasteiger charge is -2.27. The molecule has 0 saturated carbocycles. The minimum absolute atomic E-state index is 0.0666. The van der Waals surface area contributed by atoms with E-state index in [1.54, 1.807) is 0 Å². The van der Waals surface area contributed by atoms with E-state index in [9.17, 15) is 14.9 Å². The van der Waals surface area contributed by atoms with Crippen LogP contribution < -0.4 is 0 Å². The van der Waals surface area contributed by atoms with E-state index in [1.165, 1.54) is 0 Å². The van der Waals surface area contributed by atoms with Gasteiger partial charge in [-0.3, -0.25) is 14.9 Å². The lowest BCUT2D eigenvalue weighted by molar-refractivity contribution is -0.484. The lowest BCUT2D eigenvalue weighted by Crippen LogP contribution is -2.35. The molecule has 2 rings (SSSR count). The van der Waals surface area contributed by atoms with Crippen LogP contribution in [0.5, 0.6) is 0 Å². The molecule has 0 amide bonds. The third kappa shape index (κ3) is 2.92. The van der Waals surface area contributed by atoms with Crippen molar-refractivity contribution < 1.29 is 14.5 Å². The van der Waals surface area contributed by atoms with Crippen LogP contribution in [0.2, 0.25) is 0 Å². The molecule has 5 nitrogen and oxygen atoms in total. The van der Waals surface area contributed by atoms with Gasteiger partial charge in [0.2, 0.25) is 6.54 Å². The maximum Gasteiger partial charge on any atom is 0.211 e. The summed E-state index contributed by atoms with van der Waals surface area (Å²) in [5, 5.41) is 10.8. The smallest absolute Gasteiger partial charge is 0.211 e. The van der Waals surface area contributed by atoms with Crippen LogP contribution in [0.1, 0.15) is 17.9 Å². The molecule has 0 radical (unpaired) electrons. The second kappa shape index (κ2) is 5.73. The second-order valence-electron chi connectivity index (χ2n) is 4.43. The Hall–Kier alpha value is -1.75. The zero-order valence-electron chi connectivity index (χ0n) is 9.95. The highest BCUT2D eigenvalue weighted by molar-refractivity contribution is 5.82. The SMILES string of the molecule is O=C1CCOCC1[C@@H](C[N+](=O)[O-])c1ccccc1. The molecule has 0 aromatic heterocycles. The first-order valence-electron chi connectivity index (χ1n) is 5.95. The van der Waals surface area contributed by atoms with Crippen LogP contribution in [0.15, 0.2) is 30.3 Å². The van der Waals surface area contributed by atoms with E-state index >= 15 is 0 Å². The van der Waals surface area contributed by atoms with Gasteiger partial charge >= 0.3 is 0 Å². The van der Waals surface area contributed by atoms with Crippen molar-refractivity contribution in [3.05, 3.63) is 46.0 Å². The number of Topliss-reactive ketones (excluding diaryl/α,β-unsaturated/α-hetero) is 1. The number of carbonyl (C=O) groups excluding carboxylic acids is 1. The van der Waals surface area contributed by atoms with Gasteiger partial charge < -0.3 is 4.74 Å². The van der Waals surface area contributed by atoms with Crippen molar-refractivity contribution in [3.63, 3.8) is 0 Å². The molecule has 0 aliphatic carbocycles. The Morgan fingerprint density at radius 3 is 2.72 bits per heavy atom. The van der Waals surface area contributed by atoms with Crippen molar-refractivity contribution in [2.75, 3.05) is 19.8 Å². The fourth-order valence-corrected chi connectivity index (χ4v) is 2.33. The topological polar surface area (TPSA) is 69.4 Å². The van der Waals surface area contributed by atoms with E-state index in [1.807, 2.05) is 30.3 Å². The van der Waals surface area contributed by atoms with Crippen LogP contribution >= 0.6 is 0 Å². The predicted octanol–water partition coefficient (Wildman–Crippen LogP) is 1.65. The zero-order valence-corrected chi connectivity index (χ0v) is 9.95.